The Hall–Kier alpha value is -3.81. The number of hydrogen-bond donors (Lipinski definition) is 1. The third-order valence-electron chi connectivity index (χ3n) is 7.66. The van der Waals surface area contributed by atoms with Crippen LogP contribution in [0.2, 0.25) is 0 Å². The van der Waals surface area contributed by atoms with Gasteiger partial charge in [-0.15, -0.1) is 11.3 Å². The Balaban J connectivity index is 1.12. The number of nitrogens with one attached hydrogen (secondary N) is 1. The molecule has 0 spiro atoms. The Morgan fingerprint density at radius 1 is 0.917 bits per heavy atom. The average Bonchev–Trinajstić information content (AvgIpc) is 3.40. The maximum absolute atomic E-state index is 13.0. The van der Waals surface area contributed by atoms with Gasteiger partial charge in [0.1, 0.15) is 0 Å². The van der Waals surface area contributed by atoms with E-state index < -0.39 is 0 Å². The lowest BCUT2D eigenvalue weighted by Gasteiger charge is -2.54. The number of amides is 1. The van der Waals surface area contributed by atoms with Gasteiger partial charge in [0.2, 0.25) is 0 Å². The van der Waals surface area contributed by atoms with Gasteiger partial charge in [0.05, 0.1) is 21.2 Å². The highest BCUT2D eigenvalue weighted by Crippen LogP contribution is 2.33. The van der Waals surface area contributed by atoms with Crippen LogP contribution in [-0.4, -0.2) is 57.9 Å². The zero-order valence-corrected chi connectivity index (χ0v) is 20.7. The fourth-order valence-corrected chi connectivity index (χ4v) is 6.14. The number of nitrogens with zero attached hydrogens (tertiary/aromatic N) is 4. The molecule has 2 unspecified atom stereocenters. The molecule has 3 saturated heterocycles. The summed E-state index contributed by atoms with van der Waals surface area (Å²) in [7, 11) is 2.16. The fraction of sp³-hybridized carbons (Fsp3) is 0.207. The van der Waals surface area contributed by atoms with Crippen molar-refractivity contribution in [3.8, 4) is 11.1 Å². The van der Waals surface area contributed by atoms with Gasteiger partial charge >= 0.3 is 0 Å². The normalized spacial score (nSPS) is 19.4. The molecule has 2 bridgehead atoms. The van der Waals surface area contributed by atoms with Crippen molar-refractivity contribution < 1.29 is 4.79 Å². The van der Waals surface area contributed by atoms with Crippen LogP contribution in [0.25, 0.3) is 32.2 Å². The second-order valence-electron chi connectivity index (χ2n) is 9.75. The molecular weight excluding hydrogens is 466 g/mol. The van der Waals surface area contributed by atoms with E-state index in [0.717, 1.165) is 57.6 Å². The van der Waals surface area contributed by atoms with Crippen LogP contribution in [0, 0.1) is 0 Å². The molecule has 3 fully saturated rings. The van der Waals surface area contributed by atoms with Crippen LogP contribution < -0.4 is 5.32 Å². The first-order valence-corrected chi connectivity index (χ1v) is 13.1. The van der Waals surface area contributed by atoms with Crippen LogP contribution >= 0.6 is 11.3 Å². The molecule has 1 N–H and O–H groups in total. The lowest BCUT2D eigenvalue weighted by molar-refractivity contribution is -0.0404. The van der Waals surface area contributed by atoms with Gasteiger partial charge in [-0.05, 0) is 67.1 Å². The smallest absolute Gasteiger partial charge is 0.253 e. The number of pyridine rings is 1. The highest BCUT2D eigenvalue weighted by atomic mass is 32.1. The Morgan fingerprint density at radius 2 is 1.72 bits per heavy atom. The van der Waals surface area contributed by atoms with Crippen LogP contribution in [0.1, 0.15) is 16.8 Å². The lowest BCUT2D eigenvalue weighted by atomic mass is 9.88. The molecule has 7 heteroatoms. The van der Waals surface area contributed by atoms with Crippen molar-refractivity contribution in [1.82, 2.24) is 19.8 Å². The molecule has 3 aromatic carbocycles. The quantitative estimate of drug-likeness (QED) is 0.345. The van der Waals surface area contributed by atoms with E-state index in [9.17, 15) is 4.79 Å². The fourth-order valence-electron chi connectivity index (χ4n) is 5.48. The third-order valence-corrected chi connectivity index (χ3v) is 8.47. The summed E-state index contributed by atoms with van der Waals surface area (Å²) in [5.74, 6) is 0.135. The highest BCUT2D eigenvalue weighted by molar-refractivity contribution is 7.16. The van der Waals surface area contributed by atoms with Crippen LogP contribution in [0.3, 0.4) is 0 Å². The monoisotopic (exact) mass is 491 g/mol. The molecule has 8 rings (SSSR count). The third kappa shape index (κ3) is 3.63. The van der Waals surface area contributed by atoms with Crippen LogP contribution in [0.15, 0.2) is 78.4 Å². The first kappa shape index (κ1) is 21.5. The van der Waals surface area contributed by atoms with E-state index >= 15 is 0 Å². The second-order valence-corrected chi connectivity index (χ2v) is 10.6. The van der Waals surface area contributed by atoms with E-state index in [1.807, 2.05) is 46.9 Å². The van der Waals surface area contributed by atoms with Crippen molar-refractivity contribution in [2.24, 2.45) is 0 Å². The number of benzene rings is 3. The number of thiazole rings is 1. The molecule has 0 saturated carbocycles. The van der Waals surface area contributed by atoms with E-state index in [2.05, 4.69) is 63.6 Å². The topological polar surface area (TPSA) is 61.4 Å². The zero-order valence-electron chi connectivity index (χ0n) is 19.9. The highest BCUT2D eigenvalue weighted by Gasteiger charge is 2.43. The minimum atomic E-state index is 0.135. The van der Waals surface area contributed by atoms with E-state index in [0.29, 0.717) is 12.1 Å². The summed E-state index contributed by atoms with van der Waals surface area (Å²) in [6, 6.07) is 23.6. The summed E-state index contributed by atoms with van der Waals surface area (Å²) in [5.41, 5.74) is 8.70. The lowest BCUT2D eigenvalue weighted by Crippen LogP contribution is -2.67. The first-order chi connectivity index (χ1) is 17.6. The van der Waals surface area contributed by atoms with Crippen LogP contribution in [-0.2, 0) is 0 Å². The molecule has 3 aliphatic heterocycles. The average molecular weight is 492 g/mol. The largest absolute Gasteiger partial charge is 0.355 e. The van der Waals surface area contributed by atoms with E-state index in [1.54, 1.807) is 11.3 Å². The summed E-state index contributed by atoms with van der Waals surface area (Å²) < 4.78 is 1.18. The van der Waals surface area contributed by atoms with E-state index in [4.69, 9.17) is 0 Å². The number of anilines is 2. The van der Waals surface area contributed by atoms with Crippen molar-refractivity contribution >= 4 is 49.7 Å². The molecule has 1 amide bonds. The van der Waals surface area contributed by atoms with Crippen LogP contribution in [0.4, 0.5) is 11.4 Å². The summed E-state index contributed by atoms with van der Waals surface area (Å²) in [6.45, 7) is 1.66. The number of rotatable bonds is 4. The molecule has 2 aromatic heterocycles. The number of piperazine rings is 1. The molecule has 178 valence electrons. The number of hydrogen-bond acceptors (Lipinski definition) is 6. The molecular formula is C29H25N5OS. The summed E-state index contributed by atoms with van der Waals surface area (Å²) in [5, 5.41) is 4.58. The Morgan fingerprint density at radius 3 is 2.53 bits per heavy atom. The molecule has 36 heavy (non-hydrogen) atoms. The number of carbonyl (C=O) groups is 1. The van der Waals surface area contributed by atoms with Crippen molar-refractivity contribution in [3.05, 3.63) is 84.0 Å². The van der Waals surface area contributed by atoms with Gasteiger partial charge < -0.3 is 10.2 Å². The van der Waals surface area contributed by atoms with Crippen molar-refractivity contribution in [2.45, 2.75) is 18.5 Å². The predicted molar refractivity (Wildman–Crippen MR) is 146 cm³/mol. The zero-order chi connectivity index (χ0) is 24.2. The van der Waals surface area contributed by atoms with Gasteiger partial charge in [-0.3, -0.25) is 14.7 Å². The van der Waals surface area contributed by atoms with Gasteiger partial charge in [0.25, 0.3) is 5.91 Å². The van der Waals surface area contributed by atoms with Crippen molar-refractivity contribution in [3.63, 3.8) is 0 Å². The van der Waals surface area contributed by atoms with E-state index in [-0.39, 0.29) is 5.91 Å². The maximum atomic E-state index is 13.0. The molecule has 0 aliphatic carbocycles. The number of piperidine rings is 1. The molecule has 2 atom stereocenters. The first-order valence-electron chi connectivity index (χ1n) is 12.2. The second kappa shape index (κ2) is 8.40. The Bertz CT molecular complexity index is 1600. The number of likely N-dealkylation sites (N-methyl/N-ethyl adjacent to an activating group) is 1. The molecule has 5 heterocycles. The Kier molecular flexibility index (Phi) is 5.01. The molecule has 6 nitrogen and oxygen atoms in total. The Labute approximate surface area is 213 Å². The van der Waals surface area contributed by atoms with Gasteiger partial charge in [0, 0.05) is 53.7 Å². The molecule has 0 radical (unpaired) electrons. The maximum Gasteiger partial charge on any atom is 0.253 e. The van der Waals surface area contributed by atoms with Crippen molar-refractivity contribution in [1.29, 1.82) is 0 Å². The SMILES string of the molecule is CN1C2CC1CN(C(=O)c1ccc(-c3ccc4c(Nc5ccc6scnc6c5)ccnc4c3)cc1)C2. The van der Waals surface area contributed by atoms with Crippen LogP contribution in [0.5, 0.6) is 0 Å². The number of carbonyl (C=O) groups excluding carboxylic acids is 1. The van der Waals surface area contributed by atoms with Crippen molar-refractivity contribution in [2.75, 3.05) is 25.5 Å². The van der Waals surface area contributed by atoms with Gasteiger partial charge in [-0.2, -0.15) is 0 Å². The molecule has 3 aliphatic rings. The minimum Gasteiger partial charge on any atom is -0.355 e. The number of aromatic nitrogens is 2. The molecule has 5 aromatic rings. The predicted octanol–water partition coefficient (Wildman–Crippen LogP) is 5.78. The summed E-state index contributed by atoms with van der Waals surface area (Å²) in [6.07, 6.45) is 3.05. The van der Waals surface area contributed by atoms with Gasteiger partial charge in [0.15, 0.2) is 0 Å². The standard InChI is InChI=1S/C29H25N5OS/c1-33-22-14-23(33)16-34(15-22)29(35)19-4-2-18(3-5-19)20-6-8-24-25(10-11-30-26(24)12-20)32-21-7-9-28-27(13-21)31-17-36-28/h2-13,17,22-23H,14-16H2,1H3,(H,30,32). The minimum absolute atomic E-state index is 0.135. The van der Waals surface area contributed by atoms with Gasteiger partial charge in [-0.1, -0.05) is 24.3 Å². The summed E-state index contributed by atoms with van der Waals surface area (Å²) in [4.78, 5) is 26.5. The van der Waals surface area contributed by atoms with E-state index in [1.165, 1.54) is 11.1 Å². The van der Waals surface area contributed by atoms with Gasteiger partial charge in [-0.25, -0.2) is 4.98 Å². The number of fused-ring (bicyclic) bond motifs is 4. The summed E-state index contributed by atoms with van der Waals surface area (Å²) >= 11 is 1.64.